The summed E-state index contributed by atoms with van der Waals surface area (Å²) in [5.41, 5.74) is 4.00. The summed E-state index contributed by atoms with van der Waals surface area (Å²) in [4.78, 5) is 12.7. The van der Waals surface area contributed by atoms with Gasteiger partial charge in [0.1, 0.15) is 5.75 Å². The van der Waals surface area contributed by atoms with Gasteiger partial charge in [0.2, 0.25) is 0 Å². The number of hydrogen-bond donors (Lipinski definition) is 1. The van der Waals surface area contributed by atoms with E-state index in [1.165, 1.54) is 6.42 Å². The largest absolute Gasteiger partial charge is 0.496 e. The molecule has 1 unspecified atom stereocenters. The molecule has 1 aromatic carbocycles. The summed E-state index contributed by atoms with van der Waals surface area (Å²) in [5, 5.41) is 3.34. The van der Waals surface area contributed by atoms with Crippen molar-refractivity contribution in [3.63, 3.8) is 0 Å². The molecule has 1 aliphatic rings. The van der Waals surface area contributed by atoms with Crippen molar-refractivity contribution >= 4 is 5.78 Å². The summed E-state index contributed by atoms with van der Waals surface area (Å²) < 4.78 is 5.36. The van der Waals surface area contributed by atoms with Crippen LogP contribution in [-0.4, -0.2) is 25.5 Å². The monoisotopic (exact) mass is 261 g/mol. The number of benzene rings is 1. The molecular weight excluding hydrogens is 238 g/mol. The van der Waals surface area contributed by atoms with E-state index in [9.17, 15) is 4.79 Å². The van der Waals surface area contributed by atoms with Crippen LogP contribution >= 0.6 is 0 Å². The lowest BCUT2D eigenvalue weighted by Crippen LogP contribution is -2.41. The number of hydrogen-bond acceptors (Lipinski definition) is 3. The first-order valence-electron chi connectivity index (χ1n) is 6.98. The van der Waals surface area contributed by atoms with Crippen LogP contribution in [0.5, 0.6) is 5.75 Å². The smallest absolute Gasteiger partial charge is 0.180 e. The van der Waals surface area contributed by atoms with Gasteiger partial charge in [-0.05, 0) is 62.9 Å². The van der Waals surface area contributed by atoms with Gasteiger partial charge in [0.05, 0.1) is 13.2 Å². The number of Topliss-reactive ketones (excluding diaryl/α,β-unsaturated/α-hetero) is 1. The zero-order chi connectivity index (χ0) is 14.0. The Labute approximate surface area is 115 Å². The second kappa shape index (κ2) is 5.74. The number of rotatable bonds is 3. The summed E-state index contributed by atoms with van der Waals surface area (Å²) in [7, 11) is 1.67. The van der Waals surface area contributed by atoms with E-state index in [2.05, 4.69) is 5.32 Å². The number of carbonyl (C=O) groups excluding carboxylic acids is 1. The van der Waals surface area contributed by atoms with Gasteiger partial charge in [0.25, 0.3) is 0 Å². The van der Waals surface area contributed by atoms with Crippen LogP contribution < -0.4 is 10.1 Å². The standard InChI is InChI=1S/C16H23NO2/c1-10-9-14(19-4)11(2)12(3)15(10)16(18)13-7-5-6-8-17-13/h9,13,17H,5-8H2,1-4H3. The zero-order valence-electron chi connectivity index (χ0n) is 12.3. The number of methoxy groups -OCH3 is 1. The van der Waals surface area contributed by atoms with Gasteiger partial charge in [-0.15, -0.1) is 0 Å². The molecule has 1 saturated heterocycles. The van der Waals surface area contributed by atoms with E-state index in [4.69, 9.17) is 4.74 Å². The molecule has 1 atom stereocenters. The highest BCUT2D eigenvalue weighted by Gasteiger charge is 2.25. The van der Waals surface area contributed by atoms with Gasteiger partial charge in [0.15, 0.2) is 5.78 Å². The molecule has 0 aromatic heterocycles. The first-order valence-corrected chi connectivity index (χ1v) is 6.98. The molecule has 0 spiro atoms. The quantitative estimate of drug-likeness (QED) is 0.850. The van der Waals surface area contributed by atoms with Crippen LogP contribution in [0, 0.1) is 20.8 Å². The molecule has 104 valence electrons. The van der Waals surface area contributed by atoms with Gasteiger partial charge in [-0.2, -0.15) is 0 Å². The Kier molecular flexibility index (Phi) is 4.25. The molecule has 1 aromatic rings. The molecule has 1 N–H and O–H groups in total. The van der Waals surface area contributed by atoms with Crippen molar-refractivity contribution in [3.05, 3.63) is 28.3 Å². The third-order valence-corrected chi connectivity index (χ3v) is 4.14. The molecule has 0 bridgehead atoms. The van der Waals surface area contributed by atoms with E-state index in [0.29, 0.717) is 0 Å². The van der Waals surface area contributed by atoms with Crippen LogP contribution in [0.25, 0.3) is 0 Å². The highest BCUT2D eigenvalue weighted by molar-refractivity contribution is 6.03. The Morgan fingerprint density at radius 1 is 1.26 bits per heavy atom. The number of ether oxygens (including phenoxy) is 1. The third kappa shape index (κ3) is 2.66. The molecule has 3 nitrogen and oxygen atoms in total. The highest BCUT2D eigenvalue weighted by atomic mass is 16.5. The van der Waals surface area contributed by atoms with Gasteiger partial charge in [0, 0.05) is 5.56 Å². The van der Waals surface area contributed by atoms with Gasteiger partial charge >= 0.3 is 0 Å². The maximum atomic E-state index is 12.7. The Morgan fingerprint density at radius 3 is 2.58 bits per heavy atom. The first kappa shape index (κ1) is 14.1. The maximum absolute atomic E-state index is 12.7. The molecule has 1 fully saturated rings. The fourth-order valence-corrected chi connectivity index (χ4v) is 2.89. The van der Waals surface area contributed by atoms with Crippen molar-refractivity contribution in [2.45, 2.75) is 46.1 Å². The van der Waals surface area contributed by atoms with E-state index in [0.717, 1.165) is 47.4 Å². The molecule has 19 heavy (non-hydrogen) atoms. The van der Waals surface area contributed by atoms with Crippen molar-refractivity contribution in [2.24, 2.45) is 0 Å². The van der Waals surface area contributed by atoms with Gasteiger partial charge in [-0.25, -0.2) is 0 Å². The van der Waals surface area contributed by atoms with Crippen LogP contribution in [-0.2, 0) is 0 Å². The zero-order valence-corrected chi connectivity index (χ0v) is 12.3. The second-order valence-corrected chi connectivity index (χ2v) is 5.39. The lowest BCUT2D eigenvalue weighted by atomic mass is 9.89. The van der Waals surface area contributed by atoms with Crippen LogP contribution in [0.15, 0.2) is 6.07 Å². The van der Waals surface area contributed by atoms with Gasteiger partial charge in [-0.3, -0.25) is 4.79 Å². The minimum Gasteiger partial charge on any atom is -0.496 e. The summed E-state index contributed by atoms with van der Waals surface area (Å²) in [5.74, 6) is 1.10. The van der Waals surface area contributed by atoms with E-state index >= 15 is 0 Å². The Morgan fingerprint density at radius 2 is 2.00 bits per heavy atom. The predicted octanol–water partition coefficient (Wildman–Crippen LogP) is 2.95. The lowest BCUT2D eigenvalue weighted by molar-refractivity contribution is 0.0926. The highest BCUT2D eigenvalue weighted by Crippen LogP contribution is 2.29. The molecule has 0 saturated carbocycles. The topological polar surface area (TPSA) is 38.3 Å². The SMILES string of the molecule is COc1cc(C)c(C(=O)C2CCCCN2)c(C)c1C. The van der Waals surface area contributed by atoms with Gasteiger partial charge < -0.3 is 10.1 Å². The molecule has 0 radical (unpaired) electrons. The fourth-order valence-electron chi connectivity index (χ4n) is 2.89. The lowest BCUT2D eigenvalue weighted by Gasteiger charge is -2.24. The summed E-state index contributed by atoms with van der Waals surface area (Å²) >= 11 is 0. The molecule has 1 aliphatic heterocycles. The Balaban J connectivity index is 2.38. The van der Waals surface area contributed by atoms with Crippen molar-refractivity contribution in [2.75, 3.05) is 13.7 Å². The van der Waals surface area contributed by atoms with E-state index in [1.807, 2.05) is 26.8 Å². The number of ketones is 1. The molecule has 1 heterocycles. The minimum atomic E-state index is -0.0149. The predicted molar refractivity (Wildman–Crippen MR) is 77.2 cm³/mol. The van der Waals surface area contributed by atoms with Crippen molar-refractivity contribution in [3.8, 4) is 5.75 Å². The summed E-state index contributed by atoms with van der Waals surface area (Å²) in [6.07, 6.45) is 3.25. The summed E-state index contributed by atoms with van der Waals surface area (Å²) in [6, 6.07) is 1.96. The number of carbonyl (C=O) groups is 1. The Bertz CT molecular complexity index is 488. The molecule has 2 rings (SSSR count). The van der Waals surface area contributed by atoms with Crippen molar-refractivity contribution in [1.29, 1.82) is 0 Å². The fraction of sp³-hybridized carbons (Fsp3) is 0.562. The molecule has 0 amide bonds. The van der Waals surface area contributed by atoms with Crippen LogP contribution in [0.4, 0.5) is 0 Å². The minimum absolute atomic E-state index is 0.0149. The molecular formula is C16H23NO2. The number of piperidine rings is 1. The van der Waals surface area contributed by atoms with Gasteiger partial charge in [-0.1, -0.05) is 6.42 Å². The van der Waals surface area contributed by atoms with Crippen molar-refractivity contribution in [1.82, 2.24) is 5.32 Å². The third-order valence-electron chi connectivity index (χ3n) is 4.14. The first-order chi connectivity index (χ1) is 9.06. The molecule has 0 aliphatic carbocycles. The summed E-state index contributed by atoms with van der Waals surface area (Å²) in [6.45, 7) is 6.97. The van der Waals surface area contributed by atoms with Crippen LogP contribution in [0.1, 0.15) is 46.3 Å². The van der Waals surface area contributed by atoms with E-state index in [-0.39, 0.29) is 11.8 Å². The molecule has 3 heteroatoms. The van der Waals surface area contributed by atoms with E-state index < -0.39 is 0 Å². The normalized spacial score (nSPS) is 19.3. The number of aryl methyl sites for hydroxylation is 1. The van der Waals surface area contributed by atoms with Crippen molar-refractivity contribution < 1.29 is 9.53 Å². The second-order valence-electron chi connectivity index (χ2n) is 5.39. The number of nitrogens with one attached hydrogen (secondary N) is 1. The average Bonchev–Trinajstić information content (AvgIpc) is 2.43. The maximum Gasteiger partial charge on any atom is 0.180 e. The Hall–Kier alpha value is -1.35. The van der Waals surface area contributed by atoms with Crippen LogP contribution in [0.2, 0.25) is 0 Å². The average molecular weight is 261 g/mol. The van der Waals surface area contributed by atoms with Crippen LogP contribution in [0.3, 0.4) is 0 Å². The van der Waals surface area contributed by atoms with E-state index in [1.54, 1.807) is 7.11 Å².